The van der Waals surface area contributed by atoms with Crippen LogP contribution in [0.1, 0.15) is 32.6 Å². The number of hydrogen-bond donors (Lipinski definition) is 2. The molecule has 2 saturated heterocycles. The lowest BCUT2D eigenvalue weighted by atomic mass is 9.91. The summed E-state index contributed by atoms with van der Waals surface area (Å²) in [6.07, 6.45) is 2.88. The van der Waals surface area contributed by atoms with Crippen LogP contribution in [-0.4, -0.2) is 60.5 Å². The van der Waals surface area contributed by atoms with Crippen LogP contribution in [0.4, 0.5) is 4.79 Å². The van der Waals surface area contributed by atoms with Crippen LogP contribution >= 0.6 is 0 Å². The number of carboxylic acids is 1. The Bertz CT molecular complexity index is 358. The van der Waals surface area contributed by atoms with Gasteiger partial charge in [-0.05, 0) is 6.92 Å². The van der Waals surface area contributed by atoms with E-state index in [4.69, 9.17) is 9.84 Å². The minimum absolute atomic E-state index is 0.164. The van der Waals surface area contributed by atoms with Crippen molar-refractivity contribution in [3.63, 3.8) is 0 Å². The second-order valence-electron chi connectivity index (χ2n) is 5.77. The fourth-order valence-corrected chi connectivity index (χ4v) is 3.53. The highest BCUT2D eigenvalue weighted by molar-refractivity contribution is 5.70. The zero-order valence-corrected chi connectivity index (χ0v) is 12.1. The second kappa shape index (κ2) is 6.54. The number of quaternary nitrogens is 1. The lowest BCUT2D eigenvalue weighted by Crippen LogP contribution is -2.65. The summed E-state index contributed by atoms with van der Waals surface area (Å²) in [5.74, 6) is -1.05. The predicted molar refractivity (Wildman–Crippen MR) is 73.3 cm³/mol. The molecule has 0 bridgehead atoms. The van der Waals surface area contributed by atoms with Gasteiger partial charge in [-0.3, -0.25) is 4.79 Å². The number of piperidine rings is 2. The lowest BCUT2D eigenvalue weighted by molar-refractivity contribution is -0.889. The summed E-state index contributed by atoms with van der Waals surface area (Å²) in [4.78, 5) is 23.6. The average Bonchev–Trinajstić information content (AvgIpc) is 2.48. The quantitative estimate of drug-likeness (QED) is 0.762. The van der Waals surface area contributed by atoms with Gasteiger partial charge in [-0.15, -0.1) is 0 Å². The van der Waals surface area contributed by atoms with Gasteiger partial charge >= 0.3 is 12.1 Å². The minimum atomic E-state index is -0.739. The first-order valence-electron chi connectivity index (χ1n) is 7.57. The van der Waals surface area contributed by atoms with Gasteiger partial charge in [0.2, 0.25) is 0 Å². The zero-order valence-electron chi connectivity index (χ0n) is 12.1. The van der Waals surface area contributed by atoms with Gasteiger partial charge in [0.25, 0.3) is 0 Å². The van der Waals surface area contributed by atoms with Gasteiger partial charge in [0.1, 0.15) is 6.04 Å². The molecule has 0 spiro atoms. The van der Waals surface area contributed by atoms with Gasteiger partial charge < -0.3 is 15.2 Å². The number of carboxylic acid groups (broad SMARTS) is 1. The SMILES string of the molecule is CCOC(=O)[N+]1(C2CCNCC2)CCC(C(=O)O)CC1. The molecular formula is C14H25N2O4+. The Morgan fingerprint density at radius 1 is 1.20 bits per heavy atom. The van der Waals surface area contributed by atoms with Crippen LogP contribution in [-0.2, 0) is 9.53 Å². The van der Waals surface area contributed by atoms with Gasteiger partial charge in [0.15, 0.2) is 0 Å². The molecule has 0 aliphatic carbocycles. The molecule has 0 aromatic rings. The smallest absolute Gasteiger partial charge is 0.481 e. The maximum atomic E-state index is 12.5. The fraction of sp³-hybridized carbons (Fsp3) is 0.857. The van der Waals surface area contributed by atoms with Crippen LogP contribution in [0, 0.1) is 5.92 Å². The van der Waals surface area contributed by atoms with Crippen LogP contribution in [0.25, 0.3) is 0 Å². The highest BCUT2D eigenvalue weighted by Crippen LogP contribution is 2.31. The topological polar surface area (TPSA) is 75.6 Å². The molecule has 2 aliphatic heterocycles. The van der Waals surface area contributed by atoms with Crippen molar-refractivity contribution in [2.24, 2.45) is 5.92 Å². The van der Waals surface area contributed by atoms with Gasteiger partial charge in [-0.2, -0.15) is 4.79 Å². The van der Waals surface area contributed by atoms with E-state index in [1.165, 1.54) is 0 Å². The minimum Gasteiger partial charge on any atom is -0.481 e. The van der Waals surface area contributed by atoms with Crippen LogP contribution in [0.2, 0.25) is 0 Å². The number of ether oxygens (including phenoxy) is 1. The standard InChI is InChI=1S/C14H24N2O4/c1-2-20-14(19)16(12-3-7-15-8-4-12)9-5-11(6-10-16)13(17)18/h11-12,15H,2-10H2,1H3/p+1. The molecule has 1 amide bonds. The zero-order chi connectivity index (χ0) is 14.6. The molecule has 114 valence electrons. The van der Waals surface area contributed by atoms with E-state index in [0.717, 1.165) is 25.9 Å². The third-order valence-corrected chi connectivity index (χ3v) is 4.74. The number of aliphatic carboxylic acids is 1. The Morgan fingerprint density at radius 3 is 2.30 bits per heavy atom. The number of carbonyl (C=O) groups excluding carboxylic acids is 1. The van der Waals surface area contributed by atoms with E-state index in [2.05, 4.69) is 5.32 Å². The summed E-state index contributed by atoms with van der Waals surface area (Å²) >= 11 is 0. The number of carbonyl (C=O) groups is 2. The molecule has 2 fully saturated rings. The van der Waals surface area contributed by atoms with E-state index in [1.807, 2.05) is 6.92 Å². The van der Waals surface area contributed by atoms with E-state index in [0.29, 0.717) is 37.0 Å². The first-order chi connectivity index (χ1) is 9.60. The molecule has 2 rings (SSSR count). The maximum absolute atomic E-state index is 12.5. The Kier molecular flexibility index (Phi) is 4.99. The summed E-state index contributed by atoms with van der Waals surface area (Å²) < 4.78 is 5.63. The van der Waals surface area contributed by atoms with Gasteiger partial charge in [0, 0.05) is 38.8 Å². The second-order valence-corrected chi connectivity index (χ2v) is 5.77. The molecule has 0 saturated carbocycles. The third kappa shape index (κ3) is 2.96. The molecule has 6 nitrogen and oxygen atoms in total. The van der Waals surface area contributed by atoms with Gasteiger partial charge in [-0.25, -0.2) is 4.48 Å². The van der Waals surface area contributed by atoms with Crippen LogP contribution < -0.4 is 5.32 Å². The van der Waals surface area contributed by atoms with Crippen molar-refractivity contribution in [1.82, 2.24) is 5.32 Å². The van der Waals surface area contributed by atoms with E-state index < -0.39 is 5.97 Å². The Morgan fingerprint density at radius 2 is 1.80 bits per heavy atom. The Hall–Kier alpha value is -1.14. The highest BCUT2D eigenvalue weighted by Gasteiger charge is 2.49. The van der Waals surface area contributed by atoms with Crippen LogP contribution in [0.3, 0.4) is 0 Å². The van der Waals surface area contributed by atoms with Crippen molar-refractivity contribution in [2.75, 3.05) is 32.8 Å². The first-order valence-corrected chi connectivity index (χ1v) is 7.57. The normalized spacial score (nSPS) is 31.8. The van der Waals surface area contributed by atoms with Gasteiger partial charge in [0.05, 0.1) is 25.6 Å². The van der Waals surface area contributed by atoms with Crippen molar-refractivity contribution in [1.29, 1.82) is 0 Å². The third-order valence-electron chi connectivity index (χ3n) is 4.74. The number of hydrogen-bond acceptors (Lipinski definition) is 4. The molecule has 2 N–H and O–H groups in total. The molecular weight excluding hydrogens is 260 g/mol. The molecule has 0 aromatic heterocycles. The number of likely N-dealkylation sites (tertiary alicyclic amines) is 1. The summed E-state index contributed by atoms with van der Waals surface area (Å²) in [6, 6.07) is 0.269. The molecule has 20 heavy (non-hydrogen) atoms. The van der Waals surface area contributed by atoms with Crippen LogP contribution in [0.5, 0.6) is 0 Å². The average molecular weight is 285 g/mol. The monoisotopic (exact) mass is 285 g/mol. The molecule has 2 heterocycles. The molecule has 0 atom stereocenters. The van der Waals surface area contributed by atoms with Crippen molar-refractivity contribution >= 4 is 12.1 Å². The molecule has 2 aliphatic rings. The summed E-state index contributed by atoms with van der Waals surface area (Å²) in [5, 5.41) is 12.4. The van der Waals surface area contributed by atoms with Gasteiger partial charge in [-0.1, -0.05) is 0 Å². The first kappa shape index (κ1) is 15.3. The largest absolute Gasteiger partial charge is 0.516 e. The van der Waals surface area contributed by atoms with E-state index in [9.17, 15) is 9.59 Å². The number of nitrogens with one attached hydrogen (secondary N) is 1. The molecule has 0 radical (unpaired) electrons. The van der Waals surface area contributed by atoms with E-state index in [-0.39, 0.29) is 18.1 Å². The maximum Gasteiger partial charge on any atom is 0.516 e. The van der Waals surface area contributed by atoms with Crippen molar-refractivity contribution < 1.29 is 23.9 Å². The number of amides is 1. The van der Waals surface area contributed by atoms with Crippen LogP contribution in [0.15, 0.2) is 0 Å². The van der Waals surface area contributed by atoms with E-state index >= 15 is 0 Å². The number of nitrogens with zero attached hydrogens (tertiary/aromatic N) is 1. The number of rotatable bonds is 3. The highest BCUT2D eigenvalue weighted by atomic mass is 16.6. The summed E-state index contributed by atoms with van der Waals surface area (Å²) in [7, 11) is 0. The van der Waals surface area contributed by atoms with Crippen molar-refractivity contribution in [3.05, 3.63) is 0 Å². The molecule has 0 aromatic carbocycles. The Labute approximate surface area is 119 Å². The predicted octanol–water partition coefficient (Wildman–Crippen LogP) is 1.21. The fourth-order valence-electron chi connectivity index (χ4n) is 3.53. The van der Waals surface area contributed by atoms with Crippen molar-refractivity contribution in [2.45, 2.75) is 38.6 Å². The molecule has 0 unspecified atom stereocenters. The Balaban J connectivity index is 2.13. The molecule has 6 heteroatoms. The van der Waals surface area contributed by atoms with E-state index in [1.54, 1.807) is 0 Å². The van der Waals surface area contributed by atoms with Crippen molar-refractivity contribution in [3.8, 4) is 0 Å². The lowest BCUT2D eigenvalue weighted by Gasteiger charge is -2.45. The summed E-state index contributed by atoms with van der Waals surface area (Å²) in [5.41, 5.74) is 0. The summed E-state index contributed by atoms with van der Waals surface area (Å²) in [6.45, 7) is 5.24.